The molecule has 0 aliphatic rings. The van der Waals surface area contributed by atoms with Gasteiger partial charge < -0.3 is 10.1 Å². The number of hydrogen-bond donors (Lipinski definition) is 1. The minimum absolute atomic E-state index is 0.00860. The number of amides is 1. The first-order chi connectivity index (χ1) is 15.4. The van der Waals surface area contributed by atoms with Gasteiger partial charge in [-0.2, -0.15) is 4.52 Å². The van der Waals surface area contributed by atoms with Gasteiger partial charge in [-0.25, -0.2) is 0 Å². The van der Waals surface area contributed by atoms with E-state index in [0.717, 1.165) is 6.07 Å². The van der Waals surface area contributed by atoms with E-state index < -0.39 is 10.8 Å². The first kappa shape index (κ1) is 21.5. The molecule has 2 aromatic carbocycles. The highest BCUT2D eigenvalue weighted by Crippen LogP contribution is 2.26. The second kappa shape index (κ2) is 9.16. The molecule has 0 saturated carbocycles. The van der Waals surface area contributed by atoms with Crippen molar-refractivity contribution in [2.75, 3.05) is 13.2 Å². The van der Waals surface area contributed by atoms with E-state index in [1.807, 2.05) is 18.2 Å². The van der Waals surface area contributed by atoms with Crippen LogP contribution in [0.25, 0.3) is 17.0 Å². The van der Waals surface area contributed by atoms with Crippen LogP contribution in [0.4, 0.5) is 5.69 Å². The molecular weight excluding hydrogens is 459 g/mol. The molecule has 0 aliphatic heterocycles. The van der Waals surface area contributed by atoms with Crippen LogP contribution in [-0.2, 0) is 0 Å². The lowest BCUT2D eigenvalue weighted by atomic mass is 10.2. The number of nitrogens with one attached hydrogen (secondary N) is 1. The molecular formula is C20H14Cl2N6O4. The quantitative estimate of drug-likeness (QED) is 0.246. The van der Waals surface area contributed by atoms with Gasteiger partial charge >= 0.3 is 0 Å². The van der Waals surface area contributed by atoms with E-state index in [2.05, 4.69) is 20.6 Å². The second-order valence-corrected chi connectivity index (χ2v) is 7.29. The Kier molecular flexibility index (Phi) is 6.15. The highest BCUT2D eigenvalue weighted by atomic mass is 35.5. The van der Waals surface area contributed by atoms with Gasteiger partial charge in [0.25, 0.3) is 11.6 Å². The molecule has 0 atom stereocenters. The summed E-state index contributed by atoms with van der Waals surface area (Å²) in [6.45, 7) is 0.220. The molecule has 4 rings (SSSR count). The summed E-state index contributed by atoms with van der Waals surface area (Å²) in [6.07, 6.45) is 0. The summed E-state index contributed by atoms with van der Waals surface area (Å²) in [4.78, 5) is 22.6. The van der Waals surface area contributed by atoms with Crippen LogP contribution in [0.5, 0.6) is 5.88 Å². The topological polar surface area (TPSA) is 125 Å². The maximum Gasteiger partial charge on any atom is 0.270 e. The van der Waals surface area contributed by atoms with Crippen molar-refractivity contribution >= 4 is 40.4 Å². The molecule has 2 heterocycles. The van der Waals surface area contributed by atoms with Crippen molar-refractivity contribution in [2.45, 2.75) is 0 Å². The molecule has 162 valence electrons. The largest absolute Gasteiger partial charge is 0.475 e. The number of hydrogen-bond acceptors (Lipinski definition) is 7. The first-order valence-electron chi connectivity index (χ1n) is 9.26. The van der Waals surface area contributed by atoms with Crippen molar-refractivity contribution in [1.29, 1.82) is 0 Å². The minimum atomic E-state index is -0.597. The van der Waals surface area contributed by atoms with Gasteiger partial charge in [-0.05, 0) is 24.3 Å². The average Bonchev–Trinajstić information content (AvgIpc) is 3.20. The molecule has 4 aromatic rings. The molecule has 1 amide bonds. The number of nitro groups is 1. The Labute approximate surface area is 190 Å². The molecule has 0 fully saturated rings. The van der Waals surface area contributed by atoms with Gasteiger partial charge in [0.05, 0.1) is 27.1 Å². The number of halogens is 2. The van der Waals surface area contributed by atoms with Crippen molar-refractivity contribution in [2.24, 2.45) is 0 Å². The third-order valence-corrected chi connectivity index (χ3v) is 5.06. The Hall–Kier alpha value is -3.76. The number of fused-ring (bicyclic) bond motifs is 1. The van der Waals surface area contributed by atoms with Gasteiger partial charge in [-0.3, -0.25) is 14.9 Å². The van der Waals surface area contributed by atoms with Crippen molar-refractivity contribution in [3.05, 3.63) is 80.3 Å². The fourth-order valence-electron chi connectivity index (χ4n) is 2.88. The number of nitrogens with zero attached hydrogens (tertiary/aromatic N) is 5. The predicted octanol–water partition coefficient (Wildman–Crippen LogP) is 3.82. The van der Waals surface area contributed by atoms with Crippen LogP contribution in [0.15, 0.2) is 54.6 Å². The van der Waals surface area contributed by atoms with E-state index >= 15 is 0 Å². The summed E-state index contributed by atoms with van der Waals surface area (Å²) < 4.78 is 7.12. The van der Waals surface area contributed by atoms with Crippen molar-refractivity contribution in [3.8, 4) is 17.3 Å². The Morgan fingerprint density at radius 2 is 1.91 bits per heavy atom. The number of carbonyl (C=O) groups excluding carboxylic acids is 1. The third kappa shape index (κ3) is 4.46. The molecule has 0 radical (unpaired) electrons. The molecule has 32 heavy (non-hydrogen) atoms. The molecule has 12 heteroatoms. The van der Waals surface area contributed by atoms with Crippen LogP contribution in [0.2, 0.25) is 10.0 Å². The van der Waals surface area contributed by atoms with E-state index in [-0.39, 0.29) is 35.3 Å². The number of carbonyl (C=O) groups is 1. The van der Waals surface area contributed by atoms with E-state index in [1.165, 1.54) is 16.6 Å². The van der Waals surface area contributed by atoms with Gasteiger partial charge in [-0.15, -0.1) is 15.3 Å². The first-order valence-corrected chi connectivity index (χ1v) is 10.0. The monoisotopic (exact) mass is 472 g/mol. The highest BCUT2D eigenvalue weighted by Gasteiger charge is 2.16. The van der Waals surface area contributed by atoms with Crippen LogP contribution in [-0.4, -0.2) is 43.8 Å². The molecule has 0 spiro atoms. The molecule has 0 unspecified atom stereocenters. The number of benzene rings is 2. The normalized spacial score (nSPS) is 10.8. The third-order valence-electron chi connectivity index (χ3n) is 4.40. The zero-order valence-electron chi connectivity index (χ0n) is 16.2. The summed E-state index contributed by atoms with van der Waals surface area (Å²) in [5.41, 5.74) is 0.971. The standard InChI is InChI=1S/C20H14Cl2N6O4/c21-15-4-2-1-3-13(15)19-25-24-17-7-8-18(26-27(17)19)32-10-9-23-20(29)14-11-12(28(30)31)5-6-16(14)22/h1-8,11H,9-10H2,(H,23,29). The summed E-state index contributed by atoms with van der Waals surface area (Å²) in [6, 6.07) is 14.2. The molecule has 0 saturated heterocycles. The van der Waals surface area contributed by atoms with Gasteiger partial charge in [0.15, 0.2) is 11.5 Å². The lowest BCUT2D eigenvalue weighted by Crippen LogP contribution is -2.28. The molecule has 1 N–H and O–H groups in total. The van der Waals surface area contributed by atoms with Gasteiger partial charge in [0.1, 0.15) is 6.61 Å². The Morgan fingerprint density at radius 1 is 1.09 bits per heavy atom. The summed E-state index contributed by atoms with van der Waals surface area (Å²) in [7, 11) is 0. The Bertz CT molecular complexity index is 1330. The van der Waals surface area contributed by atoms with Gasteiger partial charge in [-0.1, -0.05) is 35.3 Å². The van der Waals surface area contributed by atoms with Crippen LogP contribution >= 0.6 is 23.2 Å². The number of rotatable bonds is 7. The molecule has 10 nitrogen and oxygen atoms in total. The predicted molar refractivity (Wildman–Crippen MR) is 117 cm³/mol. The summed E-state index contributed by atoms with van der Waals surface area (Å²) in [5.74, 6) is 0.198. The lowest BCUT2D eigenvalue weighted by Gasteiger charge is -2.09. The van der Waals surface area contributed by atoms with Crippen molar-refractivity contribution in [1.82, 2.24) is 25.1 Å². The fourth-order valence-corrected chi connectivity index (χ4v) is 3.30. The lowest BCUT2D eigenvalue weighted by molar-refractivity contribution is -0.384. The SMILES string of the molecule is O=C(NCCOc1ccc2nnc(-c3ccccc3Cl)n2n1)c1cc([N+](=O)[O-])ccc1Cl. The zero-order chi connectivity index (χ0) is 22.7. The van der Waals surface area contributed by atoms with Crippen LogP contribution in [0, 0.1) is 10.1 Å². The van der Waals surface area contributed by atoms with Gasteiger partial charge in [0.2, 0.25) is 5.88 Å². The van der Waals surface area contributed by atoms with Crippen LogP contribution in [0.1, 0.15) is 10.4 Å². The summed E-state index contributed by atoms with van der Waals surface area (Å²) >= 11 is 12.2. The molecule has 0 aliphatic carbocycles. The maximum absolute atomic E-state index is 12.3. The smallest absolute Gasteiger partial charge is 0.270 e. The van der Waals surface area contributed by atoms with E-state index in [4.69, 9.17) is 27.9 Å². The van der Waals surface area contributed by atoms with Crippen molar-refractivity contribution in [3.63, 3.8) is 0 Å². The highest BCUT2D eigenvalue weighted by molar-refractivity contribution is 6.34. The summed E-state index contributed by atoms with van der Waals surface area (Å²) in [5, 5.41) is 26.7. The fraction of sp³-hybridized carbons (Fsp3) is 0.100. The second-order valence-electron chi connectivity index (χ2n) is 6.47. The number of non-ortho nitro benzene ring substituents is 1. The minimum Gasteiger partial charge on any atom is -0.475 e. The number of aromatic nitrogens is 4. The maximum atomic E-state index is 12.3. The Balaban J connectivity index is 1.42. The average molecular weight is 473 g/mol. The van der Waals surface area contributed by atoms with E-state index in [9.17, 15) is 14.9 Å². The van der Waals surface area contributed by atoms with E-state index in [1.54, 1.807) is 18.2 Å². The zero-order valence-corrected chi connectivity index (χ0v) is 17.7. The van der Waals surface area contributed by atoms with Gasteiger partial charge in [0, 0.05) is 23.8 Å². The van der Waals surface area contributed by atoms with Crippen LogP contribution in [0.3, 0.4) is 0 Å². The number of ether oxygens (including phenoxy) is 1. The van der Waals surface area contributed by atoms with Crippen LogP contribution < -0.4 is 10.1 Å². The Morgan fingerprint density at radius 3 is 2.69 bits per heavy atom. The molecule has 2 aromatic heterocycles. The van der Waals surface area contributed by atoms with E-state index in [0.29, 0.717) is 22.1 Å². The molecule has 0 bridgehead atoms. The number of nitro benzene ring substituents is 1. The van der Waals surface area contributed by atoms with Crippen molar-refractivity contribution < 1.29 is 14.5 Å².